The van der Waals surface area contributed by atoms with Crippen LogP contribution < -0.4 is 5.32 Å². The normalized spacial score (nSPS) is 25.4. The molecule has 1 unspecified atom stereocenters. The van der Waals surface area contributed by atoms with Gasteiger partial charge in [0.2, 0.25) is 0 Å². The van der Waals surface area contributed by atoms with Crippen molar-refractivity contribution in [1.29, 1.82) is 0 Å². The van der Waals surface area contributed by atoms with Gasteiger partial charge in [-0.05, 0) is 37.1 Å². The number of nitrogens with one attached hydrogen (secondary N) is 1. The molecule has 0 radical (unpaired) electrons. The van der Waals surface area contributed by atoms with Gasteiger partial charge in [-0.1, -0.05) is 0 Å². The van der Waals surface area contributed by atoms with E-state index >= 15 is 0 Å². The molecule has 0 amide bonds. The van der Waals surface area contributed by atoms with Crippen molar-refractivity contribution in [3.05, 3.63) is 30.1 Å². The summed E-state index contributed by atoms with van der Waals surface area (Å²) in [6.07, 6.45) is 1.79. The van der Waals surface area contributed by atoms with E-state index in [-0.39, 0.29) is 12.4 Å². The average molecular weight is 225 g/mol. The van der Waals surface area contributed by atoms with Crippen molar-refractivity contribution in [3.63, 3.8) is 0 Å². The average Bonchev–Trinajstić information content (AvgIpc) is 2.33. The van der Waals surface area contributed by atoms with Gasteiger partial charge in [0.05, 0.1) is 18.8 Å². The first kappa shape index (κ1) is 11.4. The second kappa shape index (κ2) is 4.80. The third-order valence-corrected chi connectivity index (χ3v) is 2.88. The van der Waals surface area contributed by atoms with Crippen molar-refractivity contribution >= 4 is 5.69 Å². The van der Waals surface area contributed by atoms with Gasteiger partial charge in [-0.2, -0.15) is 0 Å². The van der Waals surface area contributed by atoms with Crippen molar-refractivity contribution in [1.82, 2.24) is 0 Å². The number of hydrogen-bond donors (Lipinski definition) is 2. The number of aliphatic hydroxyl groups is 1. The zero-order chi connectivity index (χ0) is 11.4. The summed E-state index contributed by atoms with van der Waals surface area (Å²) in [5.41, 5.74) is 0.386. The molecule has 0 aliphatic carbocycles. The molecule has 1 saturated heterocycles. The Labute approximate surface area is 94.2 Å². The largest absolute Gasteiger partial charge is 0.394 e. The van der Waals surface area contributed by atoms with Crippen LogP contribution in [0.5, 0.6) is 0 Å². The van der Waals surface area contributed by atoms with E-state index in [9.17, 15) is 9.50 Å². The molecule has 1 aromatic rings. The van der Waals surface area contributed by atoms with E-state index in [4.69, 9.17) is 4.74 Å². The van der Waals surface area contributed by atoms with Crippen molar-refractivity contribution in [2.24, 2.45) is 0 Å². The second-order valence-electron chi connectivity index (χ2n) is 4.23. The molecule has 1 aromatic carbocycles. The molecule has 2 rings (SSSR count). The van der Waals surface area contributed by atoms with Crippen LogP contribution in [-0.4, -0.2) is 30.5 Å². The first-order valence-corrected chi connectivity index (χ1v) is 5.46. The van der Waals surface area contributed by atoms with Crippen LogP contribution in [0.15, 0.2) is 24.3 Å². The zero-order valence-electron chi connectivity index (χ0n) is 9.08. The summed E-state index contributed by atoms with van der Waals surface area (Å²) >= 11 is 0. The maximum Gasteiger partial charge on any atom is 0.123 e. The van der Waals surface area contributed by atoms with E-state index in [0.29, 0.717) is 6.61 Å². The number of aliphatic hydroxyl groups excluding tert-OH is 1. The molecule has 1 fully saturated rings. The molecule has 1 aliphatic rings. The number of anilines is 1. The van der Waals surface area contributed by atoms with Gasteiger partial charge < -0.3 is 15.2 Å². The quantitative estimate of drug-likeness (QED) is 0.824. The van der Waals surface area contributed by atoms with Crippen molar-refractivity contribution in [2.45, 2.75) is 18.4 Å². The maximum absolute atomic E-state index is 12.7. The lowest BCUT2D eigenvalue weighted by Crippen LogP contribution is -2.49. The number of rotatable bonds is 3. The molecular formula is C12H16FNO2. The van der Waals surface area contributed by atoms with Crippen LogP contribution >= 0.6 is 0 Å². The smallest absolute Gasteiger partial charge is 0.123 e. The van der Waals surface area contributed by atoms with E-state index < -0.39 is 5.54 Å². The summed E-state index contributed by atoms with van der Waals surface area (Å²) in [5.74, 6) is -0.261. The lowest BCUT2D eigenvalue weighted by molar-refractivity contribution is 0.0217. The fourth-order valence-electron chi connectivity index (χ4n) is 1.95. The molecule has 4 heteroatoms. The number of halogens is 1. The Hall–Kier alpha value is -1.13. The monoisotopic (exact) mass is 225 g/mol. The minimum atomic E-state index is -0.421. The molecular weight excluding hydrogens is 209 g/mol. The Morgan fingerprint density at radius 2 is 2.12 bits per heavy atom. The van der Waals surface area contributed by atoms with E-state index in [1.54, 1.807) is 12.1 Å². The third-order valence-electron chi connectivity index (χ3n) is 2.88. The first-order valence-electron chi connectivity index (χ1n) is 5.46. The van der Waals surface area contributed by atoms with Crippen LogP contribution in [0.3, 0.4) is 0 Å². The van der Waals surface area contributed by atoms with Gasteiger partial charge in [0.1, 0.15) is 5.82 Å². The lowest BCUT2D eigenvalue weighted by atomic mass is 9.93. The molecule has 1 atom stereocenters. The van der Waals surface area contributed by atoms with Gasteiger partial charge in [0, 0.05) is 12.3 Å². The summed E-state index contributed by atoms with van der Waals surface area (Å²) in [7, 11) is 0. The highest BCUT2D eigenvalue weighted by atomic mass is 19.1. The Morgan fingerprint density at radius 3 is 2.69 bits per heavy atom. The third kappa shape index (κ3) is 2.51. The van der Waals surface area contributed by atoms with Crippen LogP contribution in [0.25, 0.3) is 0 Å². The highest BCUT2D eigenvalue weighted by Gasteiger charge is 2.31. The number of ether oxygens (including phenoxy) is 1. The molecule has 0 saturated carbocycles. The van der Waals surface area contributed by atoms with Crippen molar-refractivity contribution in [2.75, 3.05) is 25.1 Å². The predicted octanol–water partition coefficient (Wildman–Crippen LogP) is 1.78. The fraction of sp³-hybridized carbons (Fsp3) is 0.500. The second-order valence-corrected chi connectivity index (χ2v) is 4.23. The van der Waals surface area contributed by atoms with Crippen molar-refractivity contribution in [3.8, 4) is 0 Å². The van der Waals surface area contributed by atoms with Gasteiger partial charge >= 0.3 is 0 Å². The molecule has 16 heavy (non-hydrogen) atoms. The molecule has 88 valence electrons. The summed E-state index contributed by atoms with van der Waals surface area (Å²) < 4.78 is 18.1. The SMILES string of the molecule is OCC1(Nc2ccc(F)cc2)CCCOC1. The Bertz CT molecular complexity index is 333. The van der Waals surface area contributed by atoms with Crippen LogP contribution in [-0.2, 0) is 4.74 Å². The summed E-state index contributed by atoms with van der Waals surface area (Å²) in [6, 6.07) is 6.14. The Kier molecular flexibility index (Phi) is 3.41. The highest BCUT2D eigenvalue weighted by molar-refractivity contribution is 5.45. The first-order chi connectivity index (χ1) is 7.74. The predicted molar refractivity (Wildman–Crippen MR) is 59.9 cm³/mol. The molecule has 1 heterocycles. The van der Waals surface area contributed by atoms with E-state index in [1.807, 2.05) is 0 Å². The van der Waals surface area contributed by atoms with Crippen LogP contribution in [0.1, 0.15) is 12.8 Å². The van der Waals surface area contributed by atoms with Crippen molar-refractivity contribution < 1.29 is 14.2 Å². The summed E-state index contributed by atoms with van der Waals surface area (Å²) in [6.45, 7) is 1.25. The van der Waals surface area contributed by atoms with Gasteiger partial charge in [0.15, 0.2) is 0 Å². The Balaban J connectivity index is 2.08. The van der Waals surface area contributed by atoms with Crippen LogP contribution in [0, 0.1) is 5.82 Å². The topological polar surface area (TPSA) is 41.5 Å². The van der Waals surface area contributed by atoms with Gasteiger partial charge in [-0.25, -0.2) is 4.39 Å². The summed E-state index contributed by atoms with van der Waals surface area (Å²) in [5, 5.41) is 12.7. The van der Waals surface area contributed by atoms with E-state index in [2.05, 4.69) is 5.32 Å². The minimum absolute atomic E-state index is 0.0182. The molecule has 3 nitrogen and oxygen atoms in total. The Morgan fingerprint density at radius 1 is 1.38 bits per heavy atom. The molecule has 1 aliphatic heterocycles. The summed E-state index contributed by atoms with van der Waals surface area (Å²) in [4.78, 5) is 0. The fourth-order valence-corrected chi connectivity index (χ4v) is 1.95. The van der Waals surface area contributed by atoms with Crippen LogP contribution in [0.2, 0.25) is 0 Å². The lowest BCUT2D eigenvalue weighted by Gasteiger charge is -2.37. The molecule has 0 spiro atoms. The zero-order valence-corrected chi connectivity index (χ0v) is 9.08. The molecule has 2 N–H and O–H groups in total. The van der Waals surface area contributed by atoms with Crippen LogP contribution in [0.4, 0.5) is 10.1 Å². The highest BCUT2D eigenvalue weighted by Crippen LogP contribution is 2.24. The van der Waals surface area contributed by atoms with E-state index in [0.717, 1.165) is 25.1 Å². The molecule has 0 aromatic heterocycles. The standard InChI is InChI=1S/C12H16FNO2/c13-10-2-4-11(5-3-10)14-12(8-15)6-1-7-16-9-12/h2-5,14-15H,1,6-9H2. The number of benzene rings is 1. The number of hydrogen-bond acceptors (Lipinski definition) is 3. The van der Waals surface area contributed by atoms with E-state index in [1.165, 1.54) is 12.1 Å². The molecule has 0 bridgehead atoms. The van der Waals surface area contributed by atoms with Gasteiger partial charge in [0.25, 0.3) is 0 Å². The van der Waals surface area contributed by atoms with Gasteiger partial charge in [-0.15, -0.1) is 0 Å². The maximum atomic E-state index is 12.7. The minimum Gasteiger partial charge on any atom is -0.394 e. The van der Waals surface area contributed by atoms with Gasteiger partial charge in [-0.3, -0.25) is 0 Å².